The van der Waals surface area contributed by atoms with E-state index in [1.165, 1.54) is 28.4 Å². The first-order valence-corrected chi connectivity index (χ1v) is 10.3. The number of benzene rings is 1. The largest absolute Gasteiger partial charge is 0.508 e. The smallest absolute Gasteiger partial charge is 0.301 e. The number of imidazole rings is 1. The Morgan fingerprint density at radius 1 is 1.13 bits per heavy atom. The van der Waals surface area contributed by atoms with Crippen LogP contribution in [0.5, 0.6) is 5.75 Å². The quantitative estimate of drug-likeness (QED) is 0.292. The first kappa shape index (κ1) is 19.0. The van der Waals surface area contributed by atoms with E-state index in [1.54, 1.807) is 53.4 Å². The summed E-state index contributed by atoms with van der Waals surface area (Å²) < 4.78 is 1.68. The van der Waals surface area contributed by atoms with Crippen LogP contribution in [0.15, 0.2) is 65.8 Å². The Hall–Kier alpha value is -3.98. The minimum Gasteiger partial charge on any atom is -0.508 e. The first-order chi connectivity index (χ1) is 15.0. The predicted molar refractivity (Wildman–Crippen MR) is 115 cm³/mol. The third kappa shape index (κ3) is 2.89. The Balaban J connectivity index is 1.79. The van der Waals surface area contributed by atoms with Crippen LogP contribution < -0.4 is 4.90 Å². The number of phenolic OH excluding ortho intramolecular Hbond substituents is 1. The Morgan fingerprint density at radius 3 is 2.61 bits per heavy atom. The number of amides is 1. The lowest BCUT2D eigenvalue weighted by molar-refractivity contribution is -0.132. The maximum Gasteiger partial charge on any atom is 0.301 e. The second kappa shape index (κ2) is 7.06. The maximum absolute atomic E-state index is 13.1. The highest BCUT2D eigenvalue weighted by Crippen LogP contribution is 2.43. The Bertz CT molecular complexity index is 1360. The molecule has 3 aromatic heterocycles. The summed E-state index contributed by atoms with van der Waals surface area (Å²) in [6, 6.07) is 10.7. The van der Waals surface area contributed by atoms with E-state index in [4.69, 9.17) is 0 Å². The molecule has 1 saturated heterocycles. The minimum atomic E-state index is -0.902. The van der Waals surface area contributed by atoms with Gasteiger partial charge in [0.25, 0.3) is 5.78 Å². The number of aliphatic hydroxyl groups is 1. The van der Waals surface area contributed by atoms with Gasteiger partial charge < -0.3 is 10.2 Å². The molecule has 1 aromatic carbocycles. The number of aryl methyl sites for hydroxylation is 1. The molecule has 1 aliphatic heterocycles. The topological polar surface area (TPSA) is 108 Å². The number of Topliss-reactive ketones (excluding diaryl/α,β-unsaturated/α-hetero) is 1. The van der Waals surface area contributed by atoms with Crippen molar-refractivity contribution < 1.29 is 19.8 Å². The van der Waals surface area contributed by atoms with Crippen LogP contribution in [0.3, 0.4) is 0 Å². The van der Waals surface area contributed by atoms with Crippen molar-refractivity contribution in [3.05, 3.63) is 82.8 Å². The third-order valence-electron chi connectivity index (χ3n) is 5.21. The number of ketones is 1. The van der Waals surface area contributed by atoms with Gasteiger partial charge in [0.15, 0.2) is 10.9 Å². The van der Waals surface area contributed by atoms with Crippen molar-refractivity contribution in [3.63, 3.8) is 0 Å². The second-order valence-corrected chi connectivity index (χ2v) is 7.92. The van der Waals surface area contributed by atoms with E-state index < -0.39 is 17.7 Å². The van der Waals surface area contributed by atoms with Gasteiger partial charge in [0.05, 0.1) is 17.3 Å². The number of thiazole rings is 1. The van der Waals surface area contributed by atoms with Gasteiger partial charge >= 0.3 is 5.91 Å². The van der Waals surface area contributed by atoms with Gasteiger partial charge in [-0.3, -0.25) is 18.9 Å². The molecular weight excluding hydrogens is 416 g/mol. The molecule has 1 amide bonds. The number of aliphatic hydroxyl groups excluding tert-OH is 1. The van der Waals surface area contributed by atoms with Crippen molar-refractivity contribution in [2.75, 3.05) is 4.90 Å². The van der Waals surface area contributed by atoms with E-state index in [-0.39, 0.29) is 17.1 Å². The molecular formula is C22H16N4O4S. The molecule has 1 atom stereocenters. The van der Waals surface area contributed by atoms with E-state index in [9.17, 15) is 19.8 Å². The average molecular weight is 432 g/mol. The van der Waals surface area contributed by atoms with Crippen LogP contribution in [0.25, 0.3) is 11.4 Å². The molecule has 1 unspecified atom stereocenters. The summed E-state index contributed by atoms with van der Waals surface area (Å²) >= 11 is 1.22. The number of aromatic hydroxyl groups is 1. The lowest BCUT2D eigenvalue weighted by Gasteiger charge is -2.23. The molecule has 1 fully saturated rings. The predicted octanol–water partition coefficient (Wildman–Crippen LogP) is 3.43. The van der Waals surface area contributed by atoms with Crippen molar-refractivity contribution in [2.45, 2.75) is 13.0 Å². The summed E-state index contributed by atoms with van der Waals surface area (Å²) in [5.41, 5.74) is 1.97. The zero-order chi connectivity index (χ0) is 21.7. The molecule has 4 aromatic rings. The number of fused-ring (bicyclic) bond motifs is 1. The number of anilines is 1. The van der Waals surface area contributed by atoms with E-state index >= 15 is 0 Å². The fraction of sp³-hybridized carbons (Fsp3) is 0.0909. The number of carbonyl (C=O) groups excluding carboxylic acids is 2. The van der Waals surface area contributed by atoms with Crippen LogP contribution in [0.1, 0.15) is 23.0 Å². The van der Waals surface area contributed by atoms with Gasteiger partial charge in [0.2, 0.25) is 0 Å². The number of rotatable bonds is 3. The number of phenols is 1. The summed E-state index contributed by atoms with van der Waals surface area (Å²) in [5, 5.41) is 23.1. The second-order valence-electron chi connectivity index (χ2n) is 7.05. The monoisotopic (exact) mass is 432 g/mol. The van der Waals surface area contributed by atoms with E-state index in [0.29, 0.717) is 27.7 Å². The molecule has 8 nitrogen and oxygen atoms in total. The van der Waals surface area contributed by atoms with Gasteiger partial charge in [-0.25, -0.2) is 9.97 Å². The van der Waals surface area contributed by atoms with Crippen LogP contribution in [-0.4, -0.2) is 36.3 Å². The van der Waals surface area contributed by atoms with Crippen LogP contribution in [-0.2, 0) is 9.59 Å². The van der Waals surface area contributed by atoms with Crippen LogP contribution in [0.2, 0.25) is 0 Å². The molecule has 154 valence electrons. The molecule has 0 radical (unpaired) electrons. The summed E-state index contributed by atoms with van der Waals surface area (Å²) in [4.78, 5) is 36.1. The van der Waals surface area contributed by atoms with Gasteiger partial charge in [0.1, 0.15) is 17.1 Å². The minimum absolute atomic E-state index is 0.0487. The van der Waals surface area contributed by atoms with E-state index in [1.807, 2.05) is 6.07 Å². The van der Waals surface area contributed by atoms with E-state index in [2.05, 4.69) is 9.97 Å². The van der Waals surface area contributed by atoms with Crippen molar-refractivity contribution in [1.82, 2.24) is 14.4 Å². The molecule has 2 N–H and O–H groups in total. The zero-order valence-corrected chi connectivity index (χ0v) is 17.1. The van der Waals surface area contributed by atoms with E-state index in [0.717, 1.165) is 0 Å². The van der Waals surface area contributed by atoms with Crippen LogP contribution in [0.4, 0.5) is 5.13 Å². The fourth-order valence-corrected chi connectivity index (χ4v) is 4.53. The highest BCUT2D eigenvalue weighted by Gasteiger charge is 2.48. The SMILES string of the molecule is Cc1nc2ccccn2c1/C(O)=C1\C(=O)C(=O)N(c2nccs2)C1c1ccc(O)cc1. The van der Waals surface area contributed by atoms with Crippen molar-refractivity contribution >= 4 is 39.6 Å². The van der Waals surface area contributed by atoms with Crippen molar-refractivity contribution in [2.24, 2.45) is 0 Å². The summed E-state index contributed by atoms with van der Waals surface area (Å²) in [6.45, 7) is 1.73. The molecule has 0 saturated carbocycles. The standard InChI is InChI=1S/C22H16N4O4S/c1-12-17(25-10-3-2-4-15(25)24-12)19(28)16-18(13-5-7-14(27)8-6-13)26(21(30)20(16)29)22-23-9-11-31-22/h2-11,18,27-28H,1H3/b19-16+. The third-order valence-corrected chi connectivity index (χ3v) is 5.98. The molecule has 0 aliphatic carbocycles. The number of pyridine rings is 1. The number of aromatic nitrogens is 3. The molecule has 1 aliphatic rings. The highest BCUT2D eigenvalue weighted by molar-refractivity contribution is 7.14. The van der Waals surface area contributed by atoms with Crippen molar-refractivity contribution in [1.29, 1.82) is 0 Å². The van der Waals surface area contributed by atoms with Gasteiger partial charge in [-0.1, -0.05) is 18.2 Å². The van der Waals surface area contributed by atoms with Gasteiger partial charge in [-0.15, -0.1) is 11.3 Å². The summed E-state index contributed by atoms with van der Waals surface area (Å²) in [7, 11) is 0. The Morgan fingerprint density at radius 2 is 1.90 bits per heavy atom. The van der Waals surface area contributed by atoms with Gasteiger partial charge in [0, 0.05) is 17.8 Å². The molecule has 4 heterocycles. The van der Waals surface area contributed by atoms with Crippen LogP contribution >= 0.6 is 11.3 Å². The Kier molecular flexibility index (Phi) is 4.33. The number of hydrogen-bond donors (Lipinski definition) is 2. The van der Waals surface area contributed by atoms with Gasteiger partial charge in [-0.2, -0.15) is 0 Å². The lowest BCUT2D eigenvalue weighted by atomic mass is 9.96. The molecule has 9 heteroatoms. The van der Waals surface area contributed by atoms with Gasteiger partial charge in [-0.05, 0) is 36.8 Å². The van der Waals surface area contributed by atoms with Crippen molar-refractivity contribution in [3.8, 4) is 5.75 Å². The normalized spacial score (nSPS) is 18.2. The Labute approximate surface area is 180 Å². The molecule has 5 rings (SSSR count). The molecule has 0 bridgehead atoms. The number of nitrogens with zero attached hydrogens (tertiary/aromatic N) is 4. The molecule has 0 spiro atoms. The highest BCUT2D eigenvalue weighted by atomic mass is 32.1. The first-order valence-electron chi connectivity index (χ1n) is 9.41. The zero-order valence-electron chi connectivity index (χ0n) is 16.3. The number of hydrogen-bond acceptors (Lipinski definition) is 7. The number of carbonyl (C=O) groups is 2. The summed E-state index contributed by atoms with van der Waals surface area (Å²) in [6.07, 6.45) is 3.28. The maximum atomic E-state index is 13.1. The summed E-state index contributed by atoms with van der Waals surface area (Å²) in [5.74, 6) is -1.85. The average Bonchev–Trinajstić information content (AvgIpc) is 3.45. The fourth-order valence-electron chi connectivity index (χ4n) is 3.86. The molecule has 31 heavy (non-hydrogen) atoms. The van der Waals surface area contributed by atoms with Crippen LogP contribution in [0, 0.1) is 6.92 Å². The lowest BCUT2D eigenvalue weighted by Crippen LogP contribution is -2.29.